The average molecular weight is 527 g/mol. The fourth-order valence-corrected chi connectivity index (χ4v) is 3.99. The molecular formula is C29H20ClFN4O3. The summed E-state index contributed by atoms with van der Waals surface area (Å²) < 4.78 is 20.1. The number of benzene rings is 4. The molecule has 0 atom stereocenters. The number of ether oxygens (including phenoxy) is 1. The lowest BCUT2D eigenvalue weighted by Gasteiger charge is -2.10. The average Bonchev–Trinajstić information content (AvgIpc) is 2.92. The summed E-state index contributed by atoms with van der Waals surface area (Å²) in [5.74, 6) is -0.232. The molecule has 0 aliphatic carbocycles. The summed E-state index contributed by atoms with van der Waals surface area (Å²) in [6, 6.07) is 26.9. The number of hydrogen-bond donors (Lipinski definition) is 1. The molecule has 0 radical (unpaired) electrons. The normalized spacial score (nSPS) is 11.1. The molecule has 188 valence electrons. The van der Waals surface area contributed by atoms with Gasteiger partial charge in [0.25, 0.3) is 11.5 Å². The number of aromatic nitrogens is 2. The van der Waals surface area contributed by atoms with Crippen molar-refractivity contribution >= 4 is 40.3 Å². The van der Waals surface area contributed by atoms with Crippen molar-refractivity contribution in [3.8, 4) is 17.1 Å². The minimum Gasteiger partial charge on any atom is -0.482 e. The fourth-order valence-electron chi connectivity index (χ4n) is 3.75. The Kier molecular flexibility index (Phi) is 7.24. The molecule has 1 heterocycles. The molecule has 0 saturated carbocycles. The first kappa shape index (κ1) is 24.9. The van der Waals surface area contributed by atoms with Gasteiger partial charge in [0.15, 0.2) is 12.4 Å². The second kappa shape index (κ2) is 11.1. The standard InChI is InChI=1S/C29H20ClFN4O3/c30-24-15-19(13-14-26(24)38-18-27(36)33-22-10-6-9-21(31)16-22)17-32-35-28(20-7-2-1-3-8-20)34-25-12-5-4-11-23(25)29(35)37/h1-17H,18H2,(H,33,36). The van der Waals surface area contributed by atoms with E-state index >= 15 is 0 Å². The van der Waals surface area contributed by atoms with Crippen molar-refractivity contribution in [2.24, 2.45) is 5.10 Å². The third-order valence-electron chi connectivity index (χ3n) is 5.53. The molecular weight excluding hydrogens is 507 g/mol. The van der Waals surface area contributed by atoms with E-state index < -0.39 is 11.7 Å². The lowest BCUT2D eigenvalue weighted by atomic mass is 10.2. The largest absolute Gasteiger partial charge is 0.482 e. The maximum absolute atomic E-state index is 13.3. The Hall–Kier alpha value is -4.82. The van der Waals surface area contributed by atoms with Gasteiger partial charge in [-0.1, -0.05) is 60.1 Å². The number of halogens is 2. The van der Waals surface area contributed by atoms with E-state index in [9.17, 15) is 14.0 Å². The van der Waals surface area contributed by atoms with Crippen molar-refractivity contribution in [3.63, 3.8) is 0 Å². The summed E-state index contributed by atoms with van der Waals surface area (Å²) in [5, 5.41) is 7.67. The smallest absolute Gasteiger partial charge is 0.282 e. The number of fused-ring (bicyclic) bond motifs is 1. The second-order valence-corrected chi connectivity index (χ2v) is 8.62. The number of amides is 1. The van der Waals surface area contributed by atoms with Crippen LogP contribution in [0.5, 0.6) is 5.75 Å². The Bertz CT molecular complexity index is 1720. The first-order chi connectivity index (χ1) is 18.5. The van der Waals surface area contributed by atoms with E-state index in [-0.39, 0.29) is 22.9 Å². The van der Waals surface area contributed by atoms with Gasteiger partial charge in [0, 0.05) is 11.3 Å². The van der Waals surface area contributed by atoms with E-state index in [4.69, 9.17) is 16.3 Å². The predicted molar refractivity (Wildman–Crippen MR) is 146 cm³/mol. The van der Waals surface area contributed by atoms with Crippen LogP contribution in [-0.2, 0) is 4.79 Å². The molecule has 0 unspecified atom stereocenters. The number of para-hydroxylation sites is 1. The minimum absolute atomic E-state index is 0.250. The van der Waals surface area contributed by atoms with E-state index in [1.807, 2.05) is 36.4 Å². The van der Waals surface area contributed by atoms with Gasteiger partial charge >= 0.3 is 0 Å². The molecule has 9 heteroatoms. The molecule has 5 rings (SSSR count). The molecule has 0 fully saturated rings. The maximum Gasteiger partial charge on any atom is 0.282 e. The van der Waals surface area contributed by atoms with Crippen LogP contribution >= 0.6 is 11.6 Å². The van der Waals surface area contributed by atoms with Crippen LogP contribution in [0.3, 0.4) is 0 Å². The third kappa shape index (κ3) is 5.61. The number of carbonyl (C=O) groups is 1. The lowest BCUT2D eigenvalue weighted by molar-refractivity contribution is -0.118. The number of anilines is 1. The van der Waals surface area contributed by atoms with Crippen LogP contribution in [0.25, 0.3) is 22.3 Å². The monoisotopic (exact) mass is 526 g/mol. The highest BCUT2D eigenvalue weighted by molar-refractivity contribution is 6.32. The van der Waals surface area contributed by atoms with Gasteiger partial charge in [-0.25, -0.2) is 9.37 Å². The van der Waals surface area contributed by atoms with Crippen molar-refractivity contribution in [1.82, 2.24) is 9.66 Å². The van der Waals surface area contributed by atoms with E-state index in [1.165, 1.54) is 29.1 Å². The van der Waals surface area contributed by atoms with Crippen molar-refractivity contribution in [2.45, 2.75) is 0 Å². The SMILES string of the molecule is O=C(COc1ccc(C=Nn2c(-c3ccccc3)nc3ccccc3c2=O)cc1Cl)Nc1cccc(F)c1. The Morgan fingerprint density at radius 1 is 1.00 bits per heavy atom. The van der Waals surface area contributed by atoms with Crippen LogP contribution in [0.15, 0.2) is 107 Å². The second-order valence-electron chi connectivity index (χ2n) is 8.22. The number of rotatable bonds is 7. The molecule has 4 aromatic carbocycles. The molecule has 0 aliphatic heterocycles. The molecule has 0 saturated heterocycles. The van der Waals surface area contributed by atoms with Gasteiger partial charge in [-0.05, 0) is 54.1 Å². The Balaban J connectivity index is 1.36. The molecule has 0 bridgehead atoms. The number of nitrogens with zero attached hydrogens (tertiary/aromatic N) is 3. The molecule has 1 aromatic heterocycles. The minimum atomic E-state index is -0.464. The zero-order valence-electron chi connectivity index (χ0n) is 19.8. The van der Waals surface area contributed by atoms with Crippen LogP contribution in [0.1, 0.15) is 5.56 Å². The number of hydrogen-bond acceptors (Lipinski definition) is 5. The fraction of sp³-hybridized carbons (Fsp3) is 0.0345. The van der Waals surface area contributed by atoms with E-state index in [1.54, 1.807) is 42.5 Å². The van der Waals surface area contributed by atoms with Crippen LogP contribution in [0.2, 0.25) is 5.02 Å². The topological polar surface area (TPSA) is 85.6 Å². The highest BCUT2D eigenvalue weighted by atomic mass is 35.5. The van der Waals surface area contributed by atoms with E-state index in [0.717, 1.165) is 5.56 Å². The molecule has 0 aliphatic rings. The Morgan fingerprint density at radius 3 is 2.58 bits per heavy atom. The van der Waals surface area contributed by atoms with Gasteiger partial charge in [0.1, 0.15) is 11.6 Å². The zero-order valence-corrected chi connectivity index (χ0v) is 20.6. The van der Waals surface area contributed by atoms with Gasteiger partial charge in [0.2, 0.25) is 0 Å². The summed E-state index contributed by atoms with van der Waals surface area (Å²) >= 11 is 6.36. The highest BCUT2D eigenvalue weighted by Gasteiger charge is 2.12. The quantitative estimate of drug-likeness (QED) is 0.273. The number of carbonyl (C=O) groups excluding carboxylic acids is 1. The molecule has 7 nitrogen and oxygen atoms in total. The zero-order chi connectivity index (χ0) is 26.5. The Labute approximate surface area is 221 Å². The van der Waals surface area contributed by atoms with Crippen LogP contribution in [0, 0.1) is 5.82 Å². The van der Waals surface area contributed by atoms with Crippen molar-refractivity contribution in [2.75, 3.05) is 11.9 Å². The van der Waals surface area contributed by atoms with Gasteiger partial charge in [-0.3, -0.25) is 9.59 Å². The molecule has 0 spiro atoms. The summed E-state index contributed by atoms with van der Waals surface area (Å²) in [4.78, 5) is 30.1. The molecule has 1 amide bonds. The molecule has 38 heavy (non-hydrogen) atoms. The molecule has 1 N–H and O–H groups in total. The highest BCUT2D eigenvalue weighted by Crippen LogP contribution is 2.25. The van der Waals surface area contributed by atoms with Crippen LogP contribution in [0.4, 0.5) is 10.1 Å². The van der Waals surface area contributed by atoms with Gasteiger partial charge in [0.05, 0.1) is 22.1 Å². The summed E-state index contributed by atoms with van der Waals surface area (Å²) in [7, 11) is 0. The first-order valence-corrected chi connectivity index (χ1v) is 11.9. The molecule has 5 aromatic rings. The summed E-state index contributed by atoms with van der Waals surface area (Å²) in [5.41, 5.74) is 1.94. The lowest BCUT2D eigenvalue weighted by Crippen LogP contribution is -2.20. The predicted octanol–water partition coefficient (Wildman–Crippen LogP) is 5.76. The van der Waals surface area contributed by atoms with E-state index in [0.29, 0.717) is 28.0 Å². The van der Waals surface area contributed by atoms with E-state index in [2.05, 4.69) is 15.4 Å². The summed E-state index contributed by atoms with van der Waals surface area (Å²) in [6.07, 6.45) is 1.50. The van der Waals surface area contributed by atoms with Gasteiger partial charge in [-0.15, -0.1) is 0 Å². The van der Waals surface area contributed by atoms with Crippen molar-refractivity contribution in [1.29, 1.82) is 0 Å². The van der Waals surface area contributed by atoms with Gasteiger partial charge in [-0.2, -0.15) is 9.78 Å². The summed E-state index contributed by atoms with van der Waals surface area (Å²) in [6.45, 7) is -0.317. The first-order valence-electron chi connectivity index (χ1n) is 11.6. The number of nitrogens with one attached hydrogen (secondary N) is 1. The maximum atomic E-state index is 13.3. The van der Waals surface area contributed by atoms with Crippen LogP contribution in [-0.4, -0.2) is 28.4 Å². The van der Waals surface area contributed by atoms with Crippen molar-refractivity contribution in [3.05, 3.63) is 124 Å². The van der Waals surface area contributed by atoms with Crippen LogP contribution < -0.4 is 15.6 Å². The Morgan fingerprint density at radius 2 is 1.79 bits per heavy atom. The third-order valence-corrected chi connectivity index (χ3v) is 5.83. The van der Waals surface area contributed by atoms with Crippen molar-refractivity contribution < 1.29 is 13.9 Å². The van der Waals surface area contributed by atoms with Gasteiger partial charge < -0.3 is 10.1 Å².